The average molecular weight is 426 g/mol. The first-order valence-electron chi connectivity index (χ1n) is 10.2. The minimum Gasteiger partial charge on any atom is -0.372 e. The summed E-state index contributed by atoms with van der Waals surface area (Å²) >= 11 is 5.75. The van der Waals surface area contributed by atoms with Crippen LogP contribution in [0.15, 0.2) is 18.2 Å². The van der Waals surface area contributed by atoms with E-state index in [4.69, 9.17) is 16.3 Å². The van der Waals surface area contributed by atoms with Crippen molar-refractivity contribution >= 4 is 29.1 Å². The normalized spacial score (nSPS) is 24.9. The Morgan fingerprint density at radius 3 is 2.41 bits per heavy atom. The van der Waals surface area contributed by atoms with E-state index >= 15 is 0 Å². The fraction of sp³-hybridized carbons (Fsp3) is 0.619. The topological polar surface area (TPSA) is 61.9 Å². The number of benzene rings is 1. The van der Waals surface area contributed by atoms with E-state index < -0.39 is 11.9 Å². The maximum Gasteiger partial charge on any atom is 0.241 e. The SMILES string of the molecule is CC1CN(C(=O)C2CCN(C(C)C(=O)Nc3ccc(Cl)cc3F)CC2)CC(C)O1. The van der Waals surface area contributed by atoms with Gasteiger partial charge in [0.05, 0.1) is 23.9 Å². The average Bonchev–Trinajstić information content (AvgIpc) is 2.68. The first-order valence-corrected chi connectivity index (χ1v) is 10.6. The highest BCUT2D eigenvalue weighted by atomic mass is 35.5. The van der Waals surface area contributed by atoms with Crippen LogP contribution in [0.5, 0.6) is 0 Å². The lowest BCUT2D eigenvalue weighted by molar-refractivity contribution is -0.149. The molecule has 160 valence electrons. The van der Waals surface area contributed by atoms with Gasteiger partial charge in [-0.1, -0.05) is 11.6 Å². The van der Waals surface area contributed by atoms with E-state index in [0.29, 0.717) is 39.0 Å². The molecule has 1 aromatic rings. The van der Waals surface area contributed by atoms with E-state index in [0.717, 1.165) is 0 Å². The van der Waals surface area contributed by atoms with E-state index in [-0.39, 0.29) is 40.7 Å². The fourth-order valence-electron chi connectivity index (χ4n) is 4.14. The van der Waals surface area contributed by atoms with E-state index in [1.54, 1.807) is 6.92 Å². The molecule has 0 spiro atoms. The van der Waals surface area contributed by atoms with Gasteiger partial charge in [-0.25, -0.2) is 4.39 Å². The number of hydrogen-bond donors (Lipinski definition) is 1. The Morgan fingerprint density at radius 2 is 1.83 bits per heavy atom. The molecule has 29 heavy (non-hydrogen) atoms. The van der Waals surface area contributed by atoms with Crippen molar-refractivity contribution in [1.29, 1.82) is 0 Å². The van der Waals surface area contributed by atoms with E-state index in [1.807, 2.05) is 23.6 Å². The molecule has 2 aliphatic rings. The van der Waals surface area contributed by atoms with Crippen molar-refractivity contribution in [3.05, 3.63) is 29.0 Å². The van der Waals surface area contributed by atoms with Crippen LogP contribution in [0.3, 0.4) is 0 Å². The zero-order valence-corrected chi connectivity index (χ0v) is 17.9. The van der Waals surface area contributed by atoms with Crippen molar-refractivity contribution in [2.45, 2.75) is 51.9 Å². The highest BCUT2D eigenvalue weighted by Crippen LogP contribution is 2.24. The number of hydrogen-bond acceptors (Lipinski definition) is 4. The summed E-state index contributed by atoms with van der Waals surface area (Å²) < 4.78 is 19.6. The second-order valence-electron chi connectivity index (χ2n) is 8.10. The molecule has 2 amide bonds. The van der Waals surface area contributed by atoms with Crippen LogP contribution >= 0.6 is 11.6 Å². The maximum atomic E-state index is 13.9. The summed E-state index contributed by atoms with van der Waals surface area (Å²) in [6.45, 7) is 8.36. The van der Waals surface area contributed by atoms with Gasteiger partial charge in [-0.15, -0.1) is 0 Å². The molecule has 3 unspecified atom stereocenters. The quantitative estimate of drug-likeness (QED) is 0.805. The number of likely N-dealkylation sites (tertiary alicyclic amines) is 1. The van der Waals surface area contributed by atoms with Crippen molar-refractivity contribution in [3.63, 3.8) is 0 Å². The molecule has 1 aromatic carbocycles. The van der Waals surface area contributed by atoms with Crippen molar-refractivity contribution in [2.24, 2.45) is 5.92 Å². The smallest absolute Gasteiger partial charge is 0.241 e. The van der Waals surface area contributed by atoms with Crippen LogP contribution in [0.4, 0.5) is 10.1 Å². The summed E-state index contributed by atoms with van der Waals surface area (Å²) in [6.07, 6.45) is 1.54. The lowest BCUT2D eigenvalue weighted by Gasteiger charge is -2.40. The third kappa shape index (κ3) is 5.47. The van der Waals surface area contributed by atoms with E-state index in [1.165, 1.54) is 18.2 Å². The first kappa shape index (κ1) is 22.0. The van der Waals surface area contributed by atoms with Gasteiger partial charge in [-0.05, 0) is 64.9 Å². The summed E-state index contributed by atoms with van der Waals surface area (Å²) in [6, 6.07) is 3.75. The Kier molecular flexibility index (Phi) is 7.14. The molecule has 2 heterocycles. The molecule has 0 radical (unpaired) electrons. The Hall–Kier alpha value is -1.70. The molecule has 0 aliphatic carbocycles. The molecule has 2 saturated heterocycles. The number of ether oxygens (including phenoxy) is 1. The molecule has 3 rings (SSSR count). The highest BCUT2D eigenvalue weighted by Gasteiger charge is 2.34. The number of amides is 2. The summed E-state index contributed by atoms with van der Waals surface area (Å²) in [5.74, 6) is -0.664. The van der Waals surface area contributed by atoms with Crippen LogP contribution in [0.2, 0.25) is 5.02 Å². The second kappa shape index (κ2) is 9.41. The van der Waals surface area contributed by atoms with Gasteiger partial charge < -0.3 is 15.0 Å². The fourth-order valence-corrected chi connectivity index (χ4v) is 4.30. The number of nitrogens with one attached hydrogen (secondary N) is 1. The number of piperidine rings is 1. The zero-order chi connectivity index (χ0) is 21.1. The van der Waals surface area contributed by atoms with Gasteiger partial charge in [0, 0.05) is 24.0 Å². The summed E-state index contributed by atoms with van der Waals surface area (Å²) in [5.41, 5.74) is 0.117. The standard InChI is InChI=1S/C21H29ClFN3O3/c1-13-11-26(12-14(2)29-13)21(28)16-6-8-25(9-7-16)15(3)20(27)24-19-5-4-17(22)10-18(19)23/h4-5,10,13-16H,6-9,11-12H2,1-3H3,(H,24,27). The molecule has 1 N–H and O–H groups in total. The Balaban J connectivity index is 1.51. The van der Waals surface area contributed by atoms with Gasteiger partial charge in [-0.3, -0.25) is 14.5 Å². The lowest BCUT2D eigenvalue weighted by Crippen LogP contribution is -2.52. The molecular formula is C21H29ClFN3O3. The number of anilines is 1. The Morgan fingerprint density at radius 1 is 1.21 bits per heavy atom. The van der Waals surface area contributed by atoms with E-state index in [9.17, 15) is 14.0 Å². The highest BCUT2D eigenvalue weighted by molar-refractivity contribution is 6.30. The summed E-state index contributed by atoms with van der Waals surface area (Å²) in [4.78, 5) is 29.4. The Bertz CT molecular complexity index is 745. The Labute approximate surface area is 176 Å². The van der Waals surface area contributed by atoms with Crippen molar-refractivity contribution in [2.75, 3.05) is 31.5 Å². The molecule has 0 bridgehead atoms. The number of carbonyl (C=O) groups is 2. The van der Waals surface area contributed by atoms with Crippen LogP contribution in [0, 0.1) is 11.7 Å². The zero-order valence-electron chi connectivity index (χ0n) is 17.2. The third-order valence-corrected chi connectivity index (χ3v) is 5.96. The number of rotatable bonds is 4. The summed E-state index contributed by atoms with van der Waals surface area (Å²) in [5, 5.41) is 2.91. The molecule has 0 aromatic heterocycles. The van der Waals surface area contributed by atoms with Crippen LogP contribution < -0.4 is 5.32 Å². The molecule has 8 heteroatoms. The molecule has 2 aliphatic heterocycles. The van der Waals surface area contributed by atoms with Crippen LogP contribution in [-0.2, 0) is 14.3 Å². The molecule has 2 fully saturated rings. The van der Waals surface area contributed by atoms with Gasteiger partial charge >= 0.3 is 0 Å². The number of morpholine rings is 1. The molecule has 3 atom stereocenters. The minimum absolute atomic E-state index is 0.0206. The minimum atomic E-state index is -0.559. The molecular weight excluding hydrogens is 397 g/mol. The number of halogens is 2. The van der Waals surface area contributed by atoms with Gasteiger partial charge in [0.15, 0.2) is 0 Å². The van der Waals surface area contributed by atoms with Gasteiger partial charge in [0.2, 0.25) is 11.8 Å². The first-order chi connectivity index (χ1) is 13.7. The predicted molar refractivity (Wildman–Crippen MR) is 110 cm³/mol. The third-order valence-electron chi connectivity index (χ3n) is 5.73. The van der Waals surface area contributed by atoms with E-state index in [2.05, 4.69) is 5.32 Å². The largest absolute Gasteiger partial charge is 0.372 e. The molecule has 0 saturated carbocycles. The van der Waals surface area contributed by atoms with Gasteiger partial charge in [0.25, 0.3) is 0 Å². The lowest BCUT2D eigenvalue weighted by atomic mass is 9.93. The van der Waals surface area contributed by atoms with Crippen LogP contribution in [0.1, 0.15) is 33.6 Å². The second-order valence-corrected chi connectivity index (χ2v) is 8.54. The van der Waals surface area contributed by atoms with Crippen molar-refractivity contribution < 1.29 is 18.7 Å². The van der Waals surface area contributed by atoms with Gasteiger partial charge in [0.1, 0.15) is 5.82 Å². The molecule has 6 nitrogen and oxygen atoms in total. The monoisotopic (exact) mass is 425 g/mol. The van der Waals surface area contributed by atoms with Crippen molar-refractivity contribution in [1.82, 2.24) is 9.80 Å². The van der Waals surface area contributed by atoms with Crippen LogP contribution in [0.25, 0.3) is 0 Å². The maximum absolute atomic E-state index is 13.9. The number of nitrogens with zero attached hydrogens (tertiary/aromatic N) is 2. The predicted octanol–water partition coefficient (Wildman–Crippen LogP) is 3.15. The van der Waals surface area contributed by atoms with Crippen molar-refractivity contribution in [3.8, 4) is 0 Å². The number of carbonyl (C=O) groups excluding carboxylic acids is 2. The van der Waals surface area contributed by atoms with Gasteiger partial charge in [-0.2, -0.15) is 0 Å². The summed E-state index contributed by atoms with van der Waals surface area (Å²) in [7, 11) is 0. The van der Waals surface area contributed by atoms with Crippen LogP contribution in [-0.4, -0.2) is 66.0 Å².